The van der Waals surface area contributed by atoms with Crippen LogP contribution in [0.15, 0.2) is 46.2 Å². The molecule has 18 heavy (non-hydrogen) atoms. The van der Waals surface area contributed by atoms with Gasteiger partial charge < -0.3 is 0 Å². The number of aryl methyl sites for hydroxylation is 2. The maximum atomic E-state index is 4.38. The summed E-state index contributed by atoms with van der Waals surface area (Å²) >= 11 is 8.76. The lowest BCUT2D eigenvalue weighted by Crippen LogP contribution is -1.83. The molecule has 0 radical (unpaired) electrons. The average molecular weight is 276 g/mol. The van der Waals surface area contributed by atoms with E-state index < -0.39 is 0 Å². The van der Waals surface area contributed by atoms with Gasteiger partial charge in [-0.25, -0.2) is 0 Å². The molecular weight excluding hydrogens is 256 g/mol. The average Bonchev–Trinajstić information content (AvgIpc) is 2.38. The molecule has 0 saturated carbocycles. The van der Waals surface area contributed by atoms with Gasteiger partial charge in [-0.15, -0.1) is 25.3 Å². The largest absolute Gasteiger partial charge is 0.143 e. The normalized spacial score (nSPS) is 9.67. The van der Waals surface area contributed by atoms with Crippen LogP contribution in [0, 0.1) is 13.8 Å². The van der Waals surface area contributed by atoms with Crippen LogP contribution in [0.1, 0.15) is 25.0 Å². The lowest BCUT2D eigenvalue weighted by molar-refractivity contribution is 1.29. The van der Waals surface area contributed by atoms with Gasteiger partial charge in [0.05, 0.1) is 0 Å². The molecule has 0 atom stereocenters. The molecule has 0 aliphatic carbocycles. The Labute approximate surface area is 121 Å². The molecule has 0 bridgehead atoms. The Morgan fingerprint density at radius 1 is 0.667 bits per heavy atom. The number of hydrogen-bond donors (Lipinski definition) is 2. The first-order chi connectivity index (χ1) is 8.58. The molecule has 2 aromatic carbocycles. The third-order valence-electron chi connectivity index (χ3n) is 2.73. The molecule has 96 valence electrons. The van der Waals surface area contributed by atoms with E-state index in [4.69, 9.17) is 0 Å². The van der Waals surface area contributed by atoms with Crippen LogP contribution in [-0.4, -0.2) is 0 Å². The molecule has 2 heteroatoms. The van der Waals surface area contributed by atoms with Crippen molar-refractivity contribution in [2.75, 3.05) is 0 Å². The Hall–Kier alpha value is -0.860. The highest BCUT2D eigenvalue weighted by Gasteiger charge is 2.01. The SMILES string of the molecule is CC.Cc1cc(-c2ccc(S)c(C)c2)ccc1S. The van der Waals surface area contributed by atoms with Crippen LogP contribution < -0.4 is 0 Å². The van der Waals surface area contributed by atoms with Crippen LogP contribution in [0.4, 0.5) is 0 Å². The third kappa shape index (κ3) is 3.56. The summed E-state index contributed by atoms with van der Waals surface area (Å²) in [5, 5.41) is 0. The van der Waals surface area contributed by atoms with E-state index in [0.717, 1.165) is 9.79 Å². The van der Waals surface area contributed by atoms with Crippen molar-refractivity contribution in [2.45, 2.75) is 37.5 Å². The van der Waals surface area contributed by atoms with Crippen molar-refractivity contribution in [1.82, 2.24) is 0 Å². The second kappa shape index (κ2) is 6.91. The standard InChI is InChI=1S/C14H14S2.C2H6/c1-9-7-11(3-5-13(9)15)12-4-6-14(16)10(2)8-12;1-2/h3-8,15-16H,1-2H3;1-2H3. The molecule has 2 rings (SSSR count). The summed E-state index contributed by atoms with van der Waals surface area (Å²) in [4.78, 5) is 2.07. The number of benzene rings is 2. The Morgan fingerprint density at radius 2 is 1.00 bits per heavy atom. The minimum absolute atomic E-state index is 1.03. The van der Waals surface area contributed by atoms with E-state index in [1.165, 1.54) is 22.3 Å². The highest BCUT2D eigenvalue weighted by molar-refractivity contribution is 7.80. The molecule has 0 fully saturated rings. The zero-order valence-electron chi connectivity index (χ0n) is 11.4. The molecule has 0 spiro atoms. The fraction of sp³-hybridized carbons (Fsp3) is 0.250. The Kier molecular flexibility index (Phi) is 5.83. The zero-order valence-corrected chi connectivity index (χ0v) is 13.1. The van der Waals surface area contributed by atoms with Gasteiger partial charge in [0.25, 0.3) is 0 Å². The molecule has 0 N–H and O–H groups in total. The van der Waals surface area contributed by atoms with E-state index in [0.29, 0.717) is 0 Å². The maximum absolute atomic E-state index is 4.38. The summed E-state index contributed by atoms with van der Waals surface area (Å²) in [5.41, 5.74) is 4.86. The fourth-order valence-electron chi connectivity index (χ4n) is 1.67. The summed E-state index contributed by atoms with van der Waals surface area (Å²) < 4.78 is 0. The summed E-state index contributed by atoms with van der Waals surface area (Å²) in [6.45, 7) is 8.15. The second-order valence-electron chi connectivity index (χ2n) is 4.00. The van der Waals surface area contributed by atoms with Gasteiger partial charge in [-0.05, 0) is 48.2 Å². The predicted molar refractivity (Wildman–Crippen MR) is 87.2 cm³/mol. The summed E-state index contributed by atoms with van der Waals surface area (Å²) in [6.07, 6.45) is 0. The zero-order chi connectivity index (χ0) is 13.7. The minimum Gasteiger partial charge on any atom is -0.143 e. The van der Waals surface area contributed by atoms with Gasteiger partial charge in [0.15, 0.2) is 0 Å². The second-order valence-corrected chi connectivity index (χ2v) is 4.97. The van der Waals surface area contributed by atoms with E-state index in [2.05, 4.69) is 63.4 Å². The lowest BCUT2D eigenvalue weighted by Gasteiger charge is -2.07. The van der Waals surface area contributed by atoms with Gasteiger partial charge in [-0.3, -0.25) is 0 Å². The van der Waals surface area contributed by atoms with Gasteiger partial charge in [0, 0.05) is 9.79 Å². The first kappa shape index (κ1) is 15.2. The minimum atomic E-state index is 1.03. The molecule has 0 nitrogen and oxygen atoms in total. The van der Waals surface area contributed by atoms with Gasteiger partial charge in [-0.1, -0.05) is 38.1 Å². The van der Waals surface area contributed by atoms with Crippen LogP contribution in [0.5, 0.6) is 0 Å². The van der Waals surface area contributed by atoms with Crippen LogP contribution in [0.25, 0.3) is 11.1 Å². The first-order valence-electron chi connectivity index (χ1n) is 6.17. The van der Waals surface area contributed by atoms with Crippen LogP contribution in [0.3, 0.4) is 0 Å². The van der Waals surface area contributed by atoms with E-state index in [1.54, 1.807) is 0 Å². The topological polar surface area (TPSA) is 0 Å². The van der Waals surface area contributed by atoms with Gasteiger partial charge >= 0.3 is 0 Å². The molecule has 0 amide bonds. The summed E-state index contributed by atoms with van der Waals surface area (Å²) in [6, 6.07) is 12.6. The first-order valence-corrected chi connectivity index (χ1v) is 7.07. The van der Waals surface area contributed by atoms with Crippen LogP contribution in [-0.2, 0) is 0 Å². The summed E-state index contributed by atoms with van der Waals surface area (Å²) in [7, 11) is 0. The van der Waals surface area contributed by atoms with Crippen molar-refractivity contribution in [2.24, 2.45) is 0 Å². The molecule has 0 aromatic heterocycles. The van der Waals surface area contributed by atoms with Crippen LogP contribution in [0.2, 0.25) is 0 Å². The Balaban J connectivity index is 0.000000771. The van der Waals surface area contributed by atoms with Crippen molar-refractivity contribution in [3.63, 3.8) is 0 Å². The van der Waals surface area contributed by atoms with E-state index >= 15 is 0 Å². The summed E-state index contributed by atoms with van der Waals surface area (Å²) in [5.74, 6) is 0. The van der Waals surface area contributed by atoms with Crippen molar-refractivity contribution < 1.29 is 0 Å². The smallest absolute Gasteiger partial charge is 0.00696 e. The van der Waals surface area contributed by atoms with Gasteiger partial charge in [0.2, 0.25) is 0 Å². The Bertz CT molecular complexity index is 481. The highest BCUT2D eigenvalue weighted by Crippen LogP contribution is 2.26. The van der Waals surface area contributed by atoms with Crippen molar-refractivity contribution in [3.05, 3.63) is 47.5 Å². The van der Waals surface area contributed by atoms with Gasteiger partial charge in [0.1, 0.15) is 0 Å². The maximum Gasteiger partial charge on any atom is 0.00696 e. The molecule has 0 saturated heterocycles. The lowest BCUT2D eigenvalue weighted by atomic mass is 10.0. The number of hydrogen-bond acceptors (Lipinski definition) is 2. The van der Waals surface area contributed by atoms with Crippen LogP contribution >= 0.6 is 25.3 Å². The molecule has 2 aromatic rings. The highest BCUT2D eigenvalue weighted by atomic mass is 32.1. The van der Waals surface area contributed by atoms with Gasteiger partial charge in [-0.2, -0.15) is 0 Å². The molecular formula is C16H20S2. The Morgan fingerprint density at radius 3 is 1.28 bits per heavy atom. The van der Waals surface area contributed by atoms with E-state index in [9.17, 15) is 0 Å². The van der Waals surface area contributed by atoms with Crippen molar-refractivity contribution in [1.29, 1.82) is 0 Å². The fourth-order valence-corrected chi connectivity index (χ4v) is 1.95. The molecule has 0 aliphatic heterocycles. The van der Waals surface area contributed by atoms with E-state index in [-0.39, 0.29) is 0 Å². The monoisotopic (exact) mass is 276 g/mol. The predicted octanol–water partition coefficient (Wildman–Crippen LogP) is 5.57. The van der Waals surface area contributed by atoms with E-state index in [1.807, 2.05) is 26.0 Å². The molecule has 0 unspecified atom stereocenters. The molecule has 0 aliphatic rings. The number of rotatable bonds is 1. The number of thiol groups is 2. The quantitative estimate of drug-likeness (QED) is 0.625. The van der Waals surface area contributed by atoms with Crippen molar-refractivity contribution >= 4 is 25.3 Å². The third-order valence-corrected chi connectivity index (χ3v) is 3.73. The van der Waals surface area contributed by atoms with Crippen molar-refractivity contribution in [3.8, 4) is 11.1 Å². The molecule has 0 heterocycles.